The van der Waals surface area contributed by atoms with Crippen LogP contribution in [-0.4, -0.2) is 23.5 Å². The second kappa shape index (κ2) is 6.92. The van der Waals surface area contributed by atoms with Gasteiger partial charge in [-0.05, 0) is 36.8 Å². The molecule has 2 rings (SSSR count). The molecule has 1 aliphatic rings. The fourth-order valence-corrected chi connectivity index (χ4v) is 2.91. The van der Waals surface area contributed by atoms with Gasteiger partial charge in [-0.1, -0.05) is 39.7 Å². The lowest BCUT2D eigenvalue weighted by molar-refractivity contribution is 0.0848. The second-order valence-electron chi connectivity index (χ2n) is 6.60. The van der Waals surface area contributed by atoms with Crippen molar-refractivity contribution in [2.24, 2.45) is 5.41 Å². The zero-order valence-electron chi connectivity index (χ0n) is 13.4. The van der Waals surface area contributed by atoms with Gasteiger partial charge >= 0.3 is 0 Å². The number of pyridine rings is 1. The number of amides is 1. The van der Waals surface area contributed by atoms with Crippen molar-refractivity contribution in [3.8, 4) is 0 Å². The van der Waals surface area contributed by atoms with E-state index in [2.05, 4.69) is 36.4 Å². The monoisotopic (exact) mass is 289 g/mol. The highest BCUT2D eigenvalue weighted by Crippen LogP contribution is 2.35. The Bertz CT molecular complexity index is 485. The number of carbonyl (C=O) groups is 1. The van der Waals surface area contributed by atoms with Crippen LogP contribution >= 0.6 is 0 Å². The quantitative estimate of drug-likeness (QED) is 0.870. The molecule has 1 atom stereocenters. The standard InChI is InChI=1S/C17H27N3O/c1-4-12-18-15-10-7-8-13(19-15)16(21)20-14-9-5-6-11-17(14,2)3/h7-8,10,14H,4-6,9,11-12H2,1-3H3,(H,18,19)(H,20,21). The van der Waals surface area contributed by atoms with Crippen molar-refractivity contribution in [1.82, 2.24) is 10.3 Å². The van der Waals surface area contributed by atoms with Crippen LogP contribution in [0.15, 0.2) is 18.2 Å². The predicted molar refractivity (Wildman–Crippen MR) is 86.5 cm³/mol. The minimum atomic E-state index is -0.0601. The normalized spacial score (nSPS) is 20.8. The second-order valence-corrected chi connectivity index (χ2v) is 6.60. The van der Waals surface area contributed by atoms with Crippen LogP contribution in [-0.2, 0) is 0 Å². The molecular weight excluding hydrogens is 262 g/mol. The van der Waals surface area contributed by atoms with E-state index in [0.29, 0.717) is 5.69 Å². The van der Waals surface area contributed by atoms with Crippen LogP contribution in [0.3, 0.4) is 0 Å². The van der Waals surface area contributed by atoms with E-state index in [1.807, 2.05) is 12.1 Å². The number of hydrogen-bond donors (Lipinski definition) is 2. The van der Waals surface area contributed by atoms with E-state index in [1.54, 1.807) is 6.07 Å². The number of rotatable bonds is 5. The highest BCUT2D eigenvalue weighted by molar-refractivity contribution is 5.92. The average molecular weight is 289 g/mol. The first-order valence-corrected chi connectivity index (χ1v) is 8.05. The summed E-state index contributed by atoms with van der Waals surface area (Å²) in [5, 5.41) is 6.40. The molecule has 2 N–H and O–H groups in total. The fourth-order valence-electron chi connectivity index (χ4n) is 2.91. The molecule has 0 spiro atoms. The van der Waals surface area contributed by atoms with E-state index in [0.717, 1.165) is 25.2 Å². The SMILES string of the molecule is CCCNc1cccc(C(=O)NC2CCCCC2(C)C)n1. The highest BCUT2D eigenvalue weighted by atomic mass is 16.1. The molecule has 0 aromatic carbocycles. The Labute approximate surface area is 127 Å². The molecular formula is C17H27N3O. The van der Waals surface area contributed by atoms with Crippen molar-refractivity contribution >= 4 is 11.7 Å². The lowest BCUT2D eigenvalue weighted by Crippen LogP contribution is -2.47. The van der Waals surface area contributed by atoms with Gasteiger partial charge in [0.25, 0.3) is 5.91 Å². The van der Waals surface area contributed by atoms with Crippen LogP contribution in [0.2, 0.25) is 0 Å². The molecule has 4 nitrogen and oxygen atoms in total. The van der Waals surface area contributed by atoms with Crippen LogP contribution in [0.4, 0.5) is 5.82 Å². The maximum absolute atomic E-state index is 12.4. The Hall–Kier alpha value is -1.58. The van der Waals surface area contributed by atoms with Crippen LogP contribution in [0, 0.1) is 5.41 Å². The van der Waals surface area contributed by atoms with Crippen LogP contribution in [0.5, 0.6) is 0 Å². The number of anilines is 1. The first kappa shape index (κ1) is 15.8. The summed E-state index contributed by atoms with van der Waals surface area (Å²) in [5.74, 6) is 0.711. The third kappa shape index (κ3) is 4.19. The van der Waals surface area contributed by atoms with Gasteiger partial charge in [0, 0.05) is 12.6 Å². The molecule has 1 aliphatic carbocycles. The van der Waals surface area contributed by atoms with E-state index >= 15 is 0 Å². The highest BCUT2D eigenvalue weighted by Gasteiger charge is 2.33. The molecule has 4 heteroatoms. The number of carbonyl (C=O) groups excluding carboxylic acids is 1. The van der Waals surface area contributed by atoms with Gasteiger partial charge in [0.1, 0.15) is 11.5 Å². The smallest absolute Gasteiger partial charge is 0.270 e. The van der Waals surface area contributed by atoms with E-state index < -0.39 is 0 Å². The molecule has 1 amide bonds. The number of hydrogen-bond acceptors (Lipinski definition) is 3. The summed E-state index contributed by atoms with van der Waals surface area (Å²) in [6.45, 7) is 7.45. The van der Waals surface area contributed by atoms with Gasteiger partial charge in [0.15, 0.2) is 0 Å². The molecule has 21 heavy (non-hydrogen) atoms. The van der Waals surface area contributed by atoms with E-state index in [4.69, 9.17) is 0 Å². The molecule has 1 aromatic heterocycles. The summed E-state index contributed by atoms with van der Waals surface area (Å²) in [6, 6.07) is 5.80. The number of nitrogens with one attached hydrogen (secondary N) is 2. The Morgan fingerprint density at radius 2 is 2.19 bits per heavy atom. The fraction of sp³-hybridized carbons (Fsp3) is 0.647. The minimum Gasteiger partial charge on any atom is -0.370 e. The summed E-state index contributed by atoms with van der Waals surface area (Å²) in [6.07, 6.45) is 5.72. The third-order valence-electron chi connectivity index (χ3n) is 4.35. The molecule has 0 aliphatic heterocycles. The maximum atomic E-state index is 12.4. The molecule has 0 bridgehead atoms. The van der Waals surface area contributed by atoms with Crippen molar-refractivity contribution in [3.05, 3.63) is 23.9 Å². The first-order valence-electron chi connectivity index (χ1n) is 8.05. The average Bonchev–Trinajstić information content (AvgIpc) is 2.47. The lowest BCUT2D eigenvalue weighted by atomic mass is 9.73. The van der Waals surface area contributed by atoms with Gasteiger partial charge in [0.2, 0.25) is 0 Å². The molecule has 0 radical (unpaired) electrons. The summed E-state index contributed by atoms with van der Waals surface area (Å²) in [4.78, 5) is 16.8. The predicted octanol–water partition coefficient (Wildman–Crippen LogP) is 3.60. The topological polar surface area (TPSA) is 54.0 Å². The van der Waals surface area contributed by atoms with Gasteiger partial charge in [0.05, 0.1) is 0 Å². The Morgan fingerprint density at radius 3 is 2.90 bits per heavy atom. The molecule has 1 saturated carbocycles. The molecule has 1 unspecified atom stereocenters. The largest absolute Gasteiger partial charge is 0.370 e. The third-order valence-corrected chi connectivity index (χ3v) is 4.35. The van der Waals surface area contributed by atoms with E-state index in [-0.39, 0.29) is 17.4 Å². The molecule has 1 aromatic rings. The van der Waals surface area contributed by atoms with Crippen LogP contribution < -0.4 is 10.6 Å². The molecule has 0 saturated heterocycles. The van der Waals surface area contributed by atoms with Crippen LogP contribution in [0.25, 0.3) is 0 Å². The van der Waals surface area contributed by atoms with Crippen molar-refractivity contribution in [3.63, 3.8) is 0 Å². The van der Waals surface area contributed by atoms with Crippen molar-refractivity contribution in [1.29, 1.82) is 0 Å². The molecule has 1 fully saturated rings. The van der Waals surface area contributed by atoms with Gasteiger partial charge in [-0.25, -0.2) is 4.98 Å². The van der Waals surface area contributed by atoms with E-state index in [1.165, 1.54) is 19.3 Å². The number of aromatic nitrogens is 1. The summed E-state index contributed by atoms with van der Waals surface area (Å²) in [5.41, 5.74) is 0.670. The zero-order chi connectivity index (χ0) is 15.3. The Morgan fingerprint density at radius 1 is 1.38 bits per heavy atom. The molecule has 116 valence electrons. The minimum absolute atomic E-state index is 0.0601. The molecule has 1 heterocycles. The van der Waals surface area contributed by atoms with Crippen molar-refractivity contribution in [2.45, 2.75) is 58.9 Å². The summed E-state index contributed by atoms with van der Waals surface area (Å²) >= 11 is 0. The Kier molecular flexibility index (Phi) is 5.21. The maximum Gasteiger partial charge on any atom is 0.270 e. The van der Waals surface area contributed by atoms with Gasteiger partial charge in [-0.15, -0.1) is 0 Å². The zero-order valence-corrected chi connectivity index (χ0v) is 13.4. The van der Waals surface area contributed by atoms with Gasteiger partial charge < -0.3 is 10.6 Å². The van der Waals surface area contributed by atoms with Crippen molar-refractivity contribution in [2.75, 3.05) is 11.9 Å². The number of nitrogens with zero attached hydrogens (tertiary/aromatic N) is 1. The summed E-state index contributed by atoms with van der Waals surface area (Å²) in [7, 11) is 0. The van der Waals surface area contributed by atoms with Crippen LogP contribution in [0.1, 0.15) is 63.4 Å². The van der Waals surface area contributed by atoms with E-state index in [9.17, 15) is 4.79 Å². The lowest BCUT2D eigenvalue weighted by Gasteiger charge is -2.38. The van der Waals surface area contributed by atoms with Gasteiger partial charge in [-0.2, -0.15) is 0 Å². The summed E-state index contributed by atoms with van der Waals surface area (Å²) < 4.78 is 0. The van der Waals surface area contributed by atoms with Crippen molar-refractivity contribution < 1.29 is 4.79 Å². The Balaban J connectivity index is 2.02. The first-order chi connectivity index (χ1) is 10.0. The van der Waals surface area contributed by atoms with Gasteiger partial charge in [-0.3, -0.25) is 4.79 Å².